The van der Waals surface area contributed by atoms with Crippen LogP contribution in [0.5, 0.6) is 0 Å². The molecule has 0 aliphatic carbocycles. The van der Waals surface area contributed by atoms with Gasteiger partial charge in [0.15, 0.2) is 0 Å². The maximum absolute atomic E-state index is 12.1. The minimum Gasteiger partial charge on any atom is -0.481 e. The Kier molecular flexibility index (Phi) is 3.38. The Labute approximate surface area is 63.2 Å². The molecule has 1 atom stereocenters. The predicted molar refractivity (Wildman–Crippen MR) is 35.4 cm³/mol. The molecule has 0 rings (SSSR count). The van der Waals surface area contributed by atoms with Crippen LogP contribution in [0.2, 0.25) is 0 Å². The average molecular weight is 167 g/mol. The van der Waals surface area contributed by atoms with Crippen molar-refractivity contribution in [3.8, 4) is 0 Å². The normalized spacial score (nSPS) is 16.5. The van der Waals surface area contributed by atoms with Crippen LogP contribution in [-0.4, -0.2) is 24.0 Å². The number of carboxylic acid groups (broad SMARTS) is 1. The van der Waals surface area contributed by atoms with Gasteiger partial charge in [-0.3, -0.25) is 4.79 Å². The number of hydrogen-bond donors (Lipinski definition) is 2. The first kappa shape index (κ1) is 10.3. The number of halogens is 2. The first-order chi connectivity index (χ1) is 4.92. The molecule has 3 N–H and O–H groups in total. The molecule has 3 nitrogen and oxygen atoms in total. The summed E-state index contributed by atoms with van der Waals surface area (Å²) < 4.78 is 24.2. The third kappa shape index (κ3) is 2.80. The number of carbonyl (C=O) groups is 1. The molecule has 0 spiro atoms. The molecule has 5 heteroatoms. The van der Waals surface area contributed by atoms with E-state index in [1.165, 1.54) is 0 Å². The SMILES string of the molecule is CC(CN)(CC(=O)O)C(F)F. The summed E-state index contributed by atoms with van der Waals surface area (Å²) in [6, 6.07) is 0. The Morgan fingerprint density at radius 2 is 2.18 bits per heavy atom. The molecule has 0 aromatic carbocycles. The first-order valence-corrected chi connectivity index (χ1v) is 3.12. The molecule has 0 fully saturated rings. The van der Waals surface area contributed by atoms with Crippen LogP contribution in [0.25, 0.3) is 0 Å². The molecule has 0 aromatic rings. The van der Waals surface area contributed by atoms with E-state index in [0.717, 1.165) is 6.92 Å². The van der Waals surface area contributed by atoms with Crippen molar-refractivity contribution in [2.24, 2.45) is 11.1 Å². The van der Waals surface area contributed by atoms with E-state index >= 15 is 0 Å². The number of carboxylic acids is 1. The Bertz CT molecular complexity index is 152. The zero-order valence-corrected chi connectivity index (χ0v) is 6.18. The fourth-order valence-electron chi connectivity index (χ4n) is 0.584. The van der Waals surface area contributed by atoms with Crippen LogP contribution >= 0.6 is 0 Å². The third-order valence-electron chi connectivity index (χ3n) is 1.55. The summed E-state index contributed by atoms with van der Waals surface area (Å²) in [6.45, 7) is 0.836. The van der Waals surface area contributed by atoms with E-state index in [0.29, 0.717) is 0 Å². The average Bonchev–Trinajstić information content (AvgIpc) is 1.86. The summed E-state index contributed by atoms with van der Waals surface area (Å²) in [7, 11) is 0. The maximum Gasteiger partial charge on any atom is 0.304 e. The molecule has 1 unspecified atom stereocenters. The molecule has 0 bridgehead atoms. The Balaban J connectivity index is 4.22. The highest BCUT2D eigenvalue weighted by Gasteiger charge is 2.35. The second kappa shape index (κ2) is 3.61. The number of alkyl halides is 2. The van der Waals surface area contributed by atoms with E-state index in [1.807, 2.05) is 0 Å². The van der Waals surface area contributed by atoms with Crippen molar-refractivity contribution in [2.75, 3.05) is 6.54 Å². The summed E-state index contributed by atoms with van der Waals surface area (Å²) in [5.74, 6) is -1.25. The van der Waals surface area contributed by atoms with Gasteiger partial charge in [-0.1, -0.05) is 6.92 Å². The minimum absolute atomic E-state index is 0.322. The van der Waals surface area contributed by atoms with Crippen molar-refractivity contribution in [3.63, 3.8) is 0 Å². The Hall–Kier alpha value is -0.710. The lowest BCUT2D eigenvalue weighted by Crippen LogP contribution is -2.36. The number of hydrogen-bond acceptors (Lipinski definition) is 2. The predicted octanol–water partition coefficient (Wildman–Crippen LogP) is 0.691. The summed E-state index contributed by atoms with van der Waals surface area (Å²) >= 11 is 0. The lowest BCUT2D eigenvalue weighted by Gasteiger charge is -2.24. The summed E-state index contributed by atoms with van der Waals surface area (Å²) in [5.41, 5.74) is 3.42. The molecule has 0 aliphatic heterocycles. The molecule has 11 heavy (non-hydrogen) atoms. The molecule has 0 saturated heterocycles. The highest BCUT2D eigenvalue weighted by molar-refractivity contribution is 5.67. The smallest absolute Gasteiger partial charge is 0.304 e. The van der Waals surface area contributed by atoms with E-state index in [9.17, 15) is 13.6 Å². The van der Waals surface area contributed by atoms with Gasteiger partial charge in [-0.15, -0.1) is 0 Å². The van der Waals surface area contributed by atoms with Gasteiger partial charge in [0.25, 0.3) is 0 Å². The quantitative estimate of drug-likeness (QED) is 0.647. The lowest BCUT2D eigenvalue weighted by atomic mass is 9.87. The highest BCUT2D eigenvalue weighted by Crippen LogP contribution is 2.27. The van der Waals surface area contributed by atoms with E-state index in [-0.39, 0.29) is 6.54 Å². The topological polar surface area (TPSA) is 63.3 Å². The monoisotopic (exact) mass is 167 g/mol. The maximum atomic E-state index is 12.1. The van der Waals surface area contributed by atoms with Crippen molar-refractivity contribution in [2.45, 2.75) is 19.8 Å². The summed E-state index contributed by atoms with van der Waals surface area (Å²) in [4.78, 5) is 10.1. The van der Waals surface area contributed by atoms with Crippen LogP contribution in [0, 0.1) is 5.41 Å². The van der Waals surface area contributed by atoms with Crippen molar-refractivity contribution in [1.82, 2.24) is 0 Å². The fourth-order valence-corrected chi connectivity index (χ4v) is 0.584. The van der Waals surface area contributed by atoms with Gasteiger partial charge in [-0.25, -0.2) is 8.78 Å². The first-order valence-electron chi connectivity index (χ1n) is 3.12. The van der Waals surface area contributed by atoms with Gasteiger partial charge in [0.1, 0.15) is 0 Å². The molecular formula is C6H11F2NO2. The van der Waals surface area contributed by atoms with Gasteiger partial charge in [-0.2, -0.15) is 0 Å². The Morgan fingerprint density at radius 1 is 1.73 bits per heavy atom. The van der Waals surface area contributed by atoms with Gasteiger partial charge < -0.3 is 10.8 Å². The van der Waals surface area contributed by atoms with E-state index in [1.54, 1.807) is 0 Å². The standard InChI is InChI=1S/C6H11F2NO2/c1-6(3-9,5(7)8)2-4(10)11/h5H,2-3,9H2,1H3,(H,10,11). The van der Waals surface area contributed by atoms with Crippen LogP contribution in [0.3, 0.4) is 0 Å². The lowest BCUT2D eigenvalue weighted by molar-refractivity contribution is -0.142. The van der Waals surface area contributed by atoms with Crippen LogP contribution in [0.15, 0.2) is 0 Å². The van der Waals surface area contributed by atoms with Crippen LogP contribution in [-0.2, 0) is 4.79 Å². The molecule has 0 radical (unpaired) electrons. The highest BCUT2D eigenvalue weighted by atomic mass is 19.3. The molecule has 0 aromatic heterocycles. The van der Waals surface area contributed by atoms with Crippen LogP contribution in [0.1, 0.15) is 13.3 Å². The number of nitrogens with two attached hydrogens (primary N) is 1. The third-order valence-corrected chi connectivity index (χ3v) is 1.55. The molecule has 0 saturated carbocycles. The van der Waals surface area contributed by atoms with Crippen LogP contribution < -0.4 is 5.73 Å². The number of aliphatic carboxylic acids is 1. The minimum atomic E-state index is -2.69. The number of rotatable bonds is 4. The molecular weight excluding hydrogens is 156 g/mol. The van der Waals surface area contributed by atoms with E-state index < -0.39 is 24.2 Å². The summed E-state index contributed by atoms with van der Waals surface area (Å²) in [6.07, 6.45) is -3.29. The van der Waals surface area contributed by atoms with Gasteiger partial charge in [-0.05, 0) is 0 Å². The van der Waals surface area contributed by atoms with Crippen molar-refractivity contribution >= 4 is 5.97 Å². The molecule has 0 heterocycles. The zero-order valence-electron chi connectivity index (χ0n) is 6.18. The summed E-state index contributed by atoms with van der Waals surface area (Å²) in [5, 5.41) is 8.24. The van der Waals surface area contributed by atoms with Crippen molar-refractivity contribution in [3.05, 3.63) is 0 Å². The second-order valence-corrected chi connectivity index (χ2v) is 2.73. The van der Waals surface area contributed by atoms with E-state index in [2.05, 4.69) is 0 Å². The van der Waals surface area contributed by atoms with Gasteiger partial charge in [0.2, 0.25) is 6.43 Å². The van der Waals surface area contributed by atoms with Crippen LogP contribution in [0.4, 0.5) is 8.78 Å². The largest absolute Gasteiger partial charge is 0.481 e. The van der Waals surface area contributed by atoms with Gasteiger partial charge >= 0.3 is 5.97 Å². The van der Waals surface area contributed by atoms with Crippen molar-refractivity contribution < 1.29 is 18.7 Å². The molecule has 0 aliphatic rings. The Morgan fingerprint density at radius 3 is 2.27 bits per heavy atom. The molecule has 66 valence electrons. The fraction of sp³-hybridized carbons (Fsp3) is 0.833. The van der Waals surface area contributed by atoms with Gasteiger partial charge in [0.05, 0.1) is 11.8 Å². The van der Waals surface area contributed by atoms with Gasteiger partial charge in [0, 0.05) is 6.54 Å². The zero-order chi connectivity index (χ0) is 9.07. The van der Waals surface area contributed by atoms with Crippen molar-refractivity contribution in [1.29, 1.82) is 0 Å². The molecule has 0 amide bonds. The second-order valence-electron chi connectivity index (χ2n) is 2.73. The van der Waals surface area contributed by atoms with E-state index in [4.69, 9.17) is 10.8 Å².